The van der Waals surface area contributed by atoms with Crippen molar-refractivity contribution in [3.05, 3.63) is 98.9 Å². The number of esters is 1. The van der Waals surface area contributed by atoms with Crippen molar-refractivity contribution in [3.63, 3.8) is 0 Å². The number of carbonyl (C=O) groups is 1. The molecule has 0 saturated heterocycles. The van der Waals surface area contributed by atoms with Crippen molar-refractivity contribution in [2.75, 3.05) is 6.61 Å². The van der Waals surface area contributed by atoms with Gasteiger partial charge in [0.2, 0.25) is 5.90 Å². The van der Waals surface area contributed by atoms with Crippen molar-refractivity contribution >= 4 is 41.1 Å². The number of benzene rings is 3. The van der Waals surface area contributed by atoms with Gasteiger partial charge in [0, 0.05) is 21.2 Å². The molecule has 3 aromatic rings. The molecule has 0 radical (unpaired) electrons. The van der Waals surface area contributed by atoms with Crippen LogP contribution < -0.4 is 9.47 Å². The molecule has 1 aliphatic rings. The number of ether oxygens (including phenoxy) is 3. The summed E-state index contributed by atoms with van der Waals surface area (Å²) in [7, 11) is 0. The van der Waals surface area contributed by atoms with Gasteiger partial charge < -0.3 is 14.2 Å². The predicted molar refractivity (Wildman–Crippen MR) is 125 cm³/mol. The number of carbonyl (C=O) groups excluding carboxylic acids is 1. The van der Waals surface area contributed by atoms with Crippen molar-refractivity contribution in [2.24, 2.45) is 4.99 Å². The minimum absolute atomic E-state index is 0.0485. The Labute approximate surface area is 200 Å². The Morgan fingerprint density at radius 3 is 2.48 bits per heavy atom. The second-order valence-electron chi connectivity index (χ2n) is 6.97. The number of aliphatic imine (C=N–C) groups is 1. The van der Waals surface area contributed by atoms with Gasteiger partial charge in [-0.3, -0.25) is 0 Å². The third kappa shape index (κ3) is 5.35. The highest BCUT2D eigenvalue weighted by Crippen LogP contribution is 2.32. The topological polar surface area (TPSA) is 57.1 Å². The highest BCUT2D eigenvalue weighted by molar-refractivity contribution is 6.35. The van der Waals surface area contributed by atoms with E-state index in [4.69, 9.17) is 37.4 Å². The third-order valence-corrected chi connectivity index (χ3v) is 5.40. The van der Waals surface area contributed by atoms with Crippen LogP contribution in [0.25, 0.3) is 6.08 Å². The van der Waals surface area contributed by atoms with Gasteiger partial charge in [-0.05, 0) is 61.0 Å². The Morgan fingerprint density at radius 2 is 1.76 bits per heavy atom. The number of hydrogen-bond acceptors (Lipinski definition) is 5. The molecule has 0 spiro atoms. The molecular formula is C25H18Cl2FNO4. The monoisotopic (exact) mass is 485 g/mol. The van der Waals surface area contributed by atoms with Gasteiger partial charge in [-0.15, -0.1) is 0 Å². The molecule has 0 saturated carbocycles. The zero-order valence-corrected chi connectivity index (χ0v) is 19.0. The van der Waals surface area contributed by atoms with Crippen LogP contribution in [0.3, 0.4) is 0 Å². The molecule has 0 unspecified atom stereocenters. The summed E-state index contributed by atoms with van der Waals surface area (Å²) < 4.78 is 30.3. The first-order valence-corrected chi connectivity index (χ1v) is 10.8. The van der Waals surface area contributed by atoms with E-state index in [-0.39, 0.29) is 18.2 Å². The summed E-state index contributed by atoms with van der Waals surface area (Å²) in [4.78, 5) is 16.5. The molecule has 0 N–H and O–H groups in total. The summed E-state index contributed by atoms with van der Waals surface area (Å²) in [6.07, 6.45) is 1.56. The van der Waals surface area contributed by atoms with Crippen LogP contribution in [0.15, 0.2) is 71.4 Å². The van der Waals surface area contributed by atoms with Crippen LogP contribution in [0.2, 0.25) is 10.0 Å². The second-order valence-corrected chi connectivity index (χ2v) is 7.79. The van der Waals surface area contributed by atoms with Crippen molar-refractivity contribution < 1.29 is 23.4 Å². The molecule has 168 valence electrons. The normalized spacial score (nSPS) is 14.2. The van der Waals surface area contributed by atoms with Gasteiger partial charge >= 0.3 is 5.97 Å². The standard InChI is InChI=1S/C25H18Cl2FNO4/c1-2-31-23-12-15(9-10-22(23)32-14-18-19(26)7-4-8-20(18)27)11-21-25(30)33-24(29-21)16-5-3-6-17(28)13-16/h3-13H,2,14H2,1H3/b21-11+. The van der Waals surface area contributed by atoms with Crippen LogP contribution in [0.4, 0.5) is 4.39 Å². The fourth-order valence-electron chi connectivity index (χ4n) is 3.13. The van der Waals surface area contributed by atoms with Crippen LogP contribution >= 0.6 is 23.2 Å². The molecule has 1 aliphatic heterocycles. The first kappa shape index (κ1) is 22.8. The van der Waals surface area contributed by atoms with Crippen LogP contribution in [0.1, 0.15) is 23.6 Å². The van der Waals surface area contributed by atoms with E-state index >= 15 is 0 Å². The first-order chi connectivity index (χ1) is 15.9. The molecule has 5 nitrogen and oxygen atoms in total. The van der Waals surface area contributed by atoms with Gasteiger partial charge in [0.1, 0.15) is 12.4 Å². The van der Waals surface area contributed by atoms with E-state index in [2.05, 4.69) is 4.99 Å². The maximum atomic E-state index is 13.5. The molecule has 0 atom stereocenters. The maximum absolute atomic E-state index is 13.5. The SMILES string of the molecule is CCOc1cc(/C=C2/N=C(c3cccc(F)c3)OC2=O)ccc1OCc1c(Cl)cccc1Cl. The Kier molecular flexibility index (Phi) is 6.96. The lowest BCUT2D eigenvalue weighted by Gasteiger charge is -2.14. The summed E-state index contributed by atoms with van der Waals surface area (Å²) in [5, 5.41) is 1.02. The summed E-state index contributed by atoms with van der Waals surface area (Å²) in [5.74, 6) is -0.0457. The van der Waals surface area contributed by atoms with E-state index in [1.54, 1.807) is 48.5 Å². The highest BCUT2D eigenvalue weighted by Gasteiger charge is 2.24. The minimum atomic E-state index is -0.624. The van der Waals surface area contributed by atoms with E-state index in [1.165, 1.54) is 18.2 Å². The van der Waals surface area contributed by atoms with Crippen molar-refractivity contribution in [1.29, 1.82) is 0 Å². The fourth-order valence-corrected chi connectivity index (χ4v) is 3.64. The summed E-state index contributed by atoms with van der Waals surface area (Å²) in [6.45, 7) is 2.42. The van der Waals surface area contributed by atoms with Crippen molar-refractivity contribution in [3.8, 4) is 11.5 Å². The number of halogens is 3. The zero-order valence-electron chi connectivity index (χ0n) is 17.5. The van der Waals surface area contributed by atoms with Gasteiger partial charge in [0.15, 0.2) is 17.2 Å². The third-order valence-electron chi connectivity index (χ3n) is 4.70. The van der Waals surface area contributed by atoms with E-state index in [1.807, 2.05) is 6.92 Å². The largest absolute Gasteiger partial charge is 0.490 e. The Bertz CT molecular complexity index is 1250. The average molecular weight is 486 g/mol. The number of cyclic esters (lactones) is 1. The molecule has 1 heterocycles. The van der Waals surface area contributed by atoms with Gasteiger partial charge in [-0.2, -0.15) is 0 Å². The Hall–Kier alpha value is -3.35. The summed E-state index contributed by atoms with van der Waals surface area (Å²) >= 11 is 12.4. The predicted octanol–water partition coefficient (Wildman–Crippen LogP) is 6.45. The Balaban J connectivity index is 1.58. The summed E-state index contributed by atoms with van der Waals surface area (Å²) in [5.41, 5.74) is 1.79. The van der Waals surface area contributed by atoms with Crippen LogP contribution in [0.5, 0.6) is 11.5 Å². The van der Waals surface area contributed by atoms with Crippen molar-refractivity contribution in [1.82, 2.24) is 0 Å². The lowest BCUT2D eigenvalue weighted by molar-refractivity contribution is -0.129. The first-order valence-electron chi connectivity index (χ1n) is 10.1. The fraction of sp³-hybridized carbons (Fsp3) is 0.120. The van der Waals surface area contributed by atoms with E-state index in [0.29, 0.717) is 44.8 Å². The summed E-state index contributed by atoms with van der Waals surface area (Å²) in [6, 6.07) is 16.1. The van der Waals surface area contributed by atoms with E-state index in [9.17, 15) is 9.18 Å². The molecule has 3 aromatic carbocycles. The quantitative estimate of drug-likeness (QED) is 0.284. The zero-order chi connectivity index (χ0) is 23.4. The van der Waals surface area contributed by atoms with Crippen LogP contribution in [0, 0.1) is 5.82 Å². The van der Waals surface area contributed by atoms with E-state index in [0.717, 1.165) is 0 Å². The van der Waals surface area contributed by atoms with Gasteiger partial charge in [-0.25, -0.2) is 14.2 Å². The minimum Gasteiger partial charge on any atom is -0.490 e. The molecule has 33 heavy (non-hydrogen) atoms. The van der Waals surface area contributed by atoms with E-state index < -0.39 is 11.8 Å². The molecule has 8 heteroatoms. The molecule has 0 amide bonds. The number of nitrogens with zero attached hydrogens (tertiary/aromatic N) is 1. The maximum Gasteiger partial charge on any atom is 0.363 e. The molecule has 0 bridgehead atoms. The smallest absolute Gasteiger partial charge is 0.363 e. The molecule has 0 aliphatic carbocycles. The molecular weight excluding hydrogens is 468 g/mol. The van der Waals surface area contributed by atoms with Crippen LogP contribution in [-0.4, -0.2) is 18.5 Å². The van der Waals surface area contributed by atoms with Gasteiger partial charge in [0.25, 0.3) is 0 Å². The average Bonchev–Trinajstić information content (AvgIpc) is 3.15. The van der Waals surface area contributed by atoms with Crippen LogP contribution in [-0.2, 0) is 16.1 Å². The second kappa shape index (κ2) is 10.1. The number of rotatable bonds is 7. The van der Waals surface area contributed by atoms with Gasteiger partial charge in [0.05, 0.1) is 6.61 Å². The number of hydrogen-bond donors (Lipinski definition) is 0. The lowest BCUT2D eigenvalue weighted by atomic mass is 10.1. The molecule has 0 fully saturated rings. The molecule has 4 rings (SSSR count). The Morgan fingerprint density at radius 1 is 1.00 bits per heavy atom. The van der Waals surface area contributed by atoms with Gasteiger partial charge in [-0.1, -0.05) is 41.4 Å². The lowest BCUT2D eigenvalue weighted by Crippen LogP contribution is -2.05. The van der Waals surface area contributed by atoms with Crippen molar-refractivity contribution in [2.45, 2.75) is 13.5 Å². The highest BCUT2D eigenvalue weighted by atomic mass is 35.5. The molecule has 0 aromatic heterocycles.